The quantitative estimate of drug-likeness (QED) is 0.272. The van der Waals surface area contributed by atoms with Gasteiger partial charge in [-0.25, -0.2) is 0 Å². The summed E-state index contributed by atoms with van der Waals surface area (Å²) in [5, 5.41) is 25.2. The van der Waals surface area contributed by atoms with Gasteiger partial charge in [-0.15, -0.1) is 5.10 Å². The van der Waals surface area contributed by atoms with E-state index >= 15 is 0 Å². The number of amides is 2. The molecule has 3 N–H and O–H groups in total. The van der Waals surface area contributed by atoms with Crippen LogP contribution >= 0.6 is 11.6 Å². The summed E-state index contributed by atoms with van der Waals surface area (Å²) in [7, 11) is 0. The molecule has 0 spiro atoms. The number of fused-ring (bicyclic) bond motifs is 1. The van der Waals surface area contributed by atoms with Crippen LogP contribution in [-0.2, 0) is 16.0 Å². The van der Waals surface area contributed by atoms with E-state index in [0.29, 0.717) is 28.4 Å². The fraction of sp³-hybridized carbons (Fsp3) is 0.0769. The molecule has 3 aromatic carbocycles. The summed E-state index contributed by atoms with van der Waals surface area (Å²) in [6, 6.07) is 19.2. The molecule has 1 atom stereocenters. The van der Waals surface area contributed by atoms with E-state index in [4.69, 9.17) is 11.6 Å². The lowest BCUT2D eigenvalue weighted by atomic mass is 10.0. The van der Waals surface area contributed by atoms with Crippen molar-refractivity contribution in [3.8, 4) is 5.69 Å². The average Bonchev–Trinajstić information content (AvgIpc) is 3.60. The van der Waals surface area contributed by atoms with Crippen molar-refractivity contribution in [3.63, 3.8) is 0 Å². The lowest BCUT2D eigenvalue weighted by Gasteiger charge is -2.18. The number of hydrogen-bond donors (Lipinski definition) is 3. The van der Waals surface area contributed by atoms with Gasteiger partial charge < -0.3 is 10.6 Å². The molecule has 0 radical (unpaired) electrons. The first kappa shape index (κ1) is 23.9. The molecular weight excluding hydrogens is 492 g/mol. The molecule has 5 aromatic rings. The highest BCUT2D eigenvalue weighted by atomic mass is 35.5. The van der Waals surface area contributed by atoms with Crippen molar-refractivity contribution in [2.45, 2.75) is 12.5 Å². The van der Waals surface area contributed by atoms with Crippen LogP contribution in [0.5, 0.6) is 0 Å². The minimum atomic E-state index is -0.824. The molecule has 0 unspecified atom stereocenters. The highest BCUT2D eigenvalue weighted by Gasteiger charge is 2.21. The molecule has 10 nitrogen and oxygen atoms in total. The Morgan fingerprint density at radius 1 is 1.08 bits per heavy atom. The van der Waals surface area contributed by atoms with Crippen LogP contribution in [0.4, 0.5) is 5.69 Å². The van der Waals surface area contributed by atoms with E-state index in [-0.39, 0.29) is 5.91 Å². The number of nitrogens with zero attached hydrogens (tertiary/aromatic N) is 5. The summed E-state index contributed by atoms with van der Waals surface area (Å²) in [4.78, 5) is 26.2. The molecule has 5 rings (SSSR count). The van der Waals surface area contributed by atoms with Crippen molar-refractivity contribution in [1.29, 1.82) is 0 Å². The van der Waals surface area contributed by atoms with Crippen LogP contribution in [0.2, 0.25) is 5.02 Å². The Kier molecular flexibility index (Phi) is 7.00. The molecular formula is C26H21ClN8O2. The van der Waals surface area contributed by atoms with E-state index < -0.39 is 11.9 Å². The van der Waals surface area contributed by atoms with Crippen LogP contribution in [0.3, 0.4) is 0 Å². The predicted octanol–water partition coefficient (Wildman–Crippen LogP) is 3.57. The molecule has 11 heteroatoms. The predicted molar refractivity (Wildman–Crippen MR) is 140 cm³/mol. The second-order valence-electron chi connectivity index (χ2n) is 8.20. The Morgan fingerprint density at radius 2 is 1.95 bits per heavy atom. The zero-order chi connectivity index (χ0) is 25.6. The number of anilines is 1. The Labute approximate surface area is 216 Å². The summed E-state index contributed by atoms with van der Waals surface area (Å²) in [5.74, 6) is -0.788. The molecule has 0 aliphatic heterocycles. The maximum absolute atomic E-state index is 13.2. The van der Waals surface area contributed by atoms with Gasteiger partial charge in [0.1, 0.15) is 12.4 Å². The third kappa shape index (κ3) is 5.88. The molecule has 2 heterocycles. The number of carbonyl (C=O) groups is 2. The first-order valence-corrected chi connectivity index (χ1v) is 11.7. The number of aromatic nitrogens is 6. The van der Waals surface area contributed by atoms with Crippen molar-refractivity contribution in [3.05, 3.63) is 101 Å². The molecule has 2 amide bonds. The van der Waals surface area contributed by atoms with Crippen LogP contribution in [0, 0.1) is 0 Å². The van der Waals surface area contributed by atoms with Crippen molar-refractivity contribution in [1.82, 2.24) is 35.7 Å². The van der Waals surface area contributed by atoms with Crippen LogP contribution < -0.4 is 10.6 Å². The van der Waals surface area contributed by atoms with Gasteiger partial charge in [0.05, 0.1) is 17.4 Å². The second-order valence-corrected chi connectivity index (χ2v) is 8.64. The number of nitrogens with one attached hydrogen (secondary N) is 3. The van der Waals surface area contributed by atoms with Crippen LogP contribution in [-0.4, -0.2) is 48.3 Å². The van der Waals surface area contributed by atoms with Gasteiger partial charge in [-0.1, -0.05) is 41.9 Å². The molecule has 0 saturated carbocycles. The summed E-state index contributed by atoms with van der Waals surface area (Å²) in [6.07, 6.45) is 6.41. The Hall–Kier alpha value is -4.83. The average molecular weight is 513 g/mol. The monoisotopic (exact) mass is 512 g/mol. The van der Waals surface area contributed by atoms with Gasteiger partial charge >= 0.3 is 0 Å². The van der Waals surface area contributed by atoms with E-state index in [1.54, 1.807) is 42.6 Å². The second kappa shape index (κ2) is 10.8. The Morgan fingerprint density at radius 3 is 2.76 bits per heavy atom. The van der Waals surface area contributed by atoms with Gasteiger partial charge in [0, 0.05) is 34.2 Å². The highest BCUT2D eigenvalue weighted by Crippen LogP contribution is 2.20. The summed E-state index contributed by atoms with van der Waals surface area (Å²) in [6.45, 7) is 0. The van der Waals surface area contributed by atoms with Gasteiger partial charge in [-0.05, 0) is 58.5 Å². The topological polar surface area (TPSA) is 130 Å². The molecule has 0 saturated heterocycles. The Balaban J connectivity index is 1.35. The number of hydrogen-bond acceptors (Lipinski definition) is 6. The molecule has 2 aromatic heterocycles. The van der Waals surface area contributed by atoms with Crippen molar-refractivity contribution >= 4 is 46.1 Å². The van der Waals surface area contributed by atoms with E-state index in [2.05, 4.69) is 36.4 Å². The standard InChI is InChI=1S/C26H21ClN8O2/c27-20-8-10-24(35-16-29-33-34-35)18(13-20)7-11-25(36)31-23(12-17-4-2-1-3-5-17)26(37)30-21-9-6-19-15-28-32-22(19)14-21/h1-11,13-16,23H,12H2,(H,28,32)(H,30,37)(H,31,36)/b11-7+/t23-/m0/s1. The van der Waals surface area contributed by atoms with E-state index in [0.717, 1.165) is 16.5 Å². The maximum atomic E-state index is 13.2. The fourth-order valence-corrected chi connectivity index (χ4v) is 4.01. The van der Waals surface area contributed by atoms with Crippen molar-refractivity contribution < 1.29 is 9.59 Å². The number of rotatable bonds is 8. The lowest BCUT2D eigenvalue weighted by molar-refractivity contribution is -0.123. The molecule has 0 fully saturated rings. The Bertz CT molecular complexity index is 1560. The SMILES string of the molecule is O=C(/C=C/c1cc(Cl)ccc1-n1cnnn1)N[C@@H](Cc1ccccc1)C(=O)Nc1ccc2cn[nH]c2c1. The molecule has 0 aliphatic carbocycles. The number of carbonyl (C=O) groups excluding carboxylic acids is 2. The van der Waals surface area contributed by atoms with Gasteiger partial charge in [0.2, 0.25) is 11.8 Å². The normalized spacial score (nSPS) is 12.0. The number of aromatic amines is 1. The summed E-state index contributed by atoms with van der Waals surface area (Å²) < 4.78 is 1.47. The minimum Gasteiger partial charge on any atom is -0.340 e. The molecule has 37 heavy (non-hydrogen) atoms. The molecule has 0 aliphatic rings. The van der Waals surface area contributed by atoms with Gasteiger partial charge in [-0.2, -0.15) is 9.78 Å². The van der Waals surface area contributed by atoms with Gasteiger partial charge in [0.15, 0.2) is 0 Å². The van der Waals surface area contributed by atoms with Crippen LogP contribution in [0.25, 0.3) is 22.7 Å². The number of benzene rings is 3. The first-order chi connectivity index (χ1) is 18.0. The minimum absolute atomic E-state index is 0.311. The zero-order valence-corrected chi connectivity index (χ0v) is 20.1. The maximum Gasteiger partial charge on any atom is 0.247 e. The summed E-state index contributed by atoms with van der Waals surface area (Å²) >= 11 is 6.16. The lowest BCUT2D eigenvalue weighted by Crippen LogP contribution is -2.44. The van der Waals surface area contributed by atoms with Gasteiger partial charge in [0.25, 0.3) is 0 Å². The smallest absolute Gasteiger partial charge is 0.247 e. The van der Waals surface area contributed by atoms with Crippen molar-refractivity contribution in [2.24, 2.45) is 0 Å². The zero-order valence-electron chi connectivity index (χ0n) is 19.4. The van der Waals surface area contributed by atoms with Gasteiger partial charge in [-0.3, -0.25) is 14.7 Å². The van der Waals surface area contributed by atoms with E-state index in [1.807, 2.05) is 36.4 Å². The van der Waals surface area contributed by atoms with Crippen LogP contribution in [0.15, 0.2) is 85.3 Å². The largest absolute Gasteiger partial charge is 0.340 e. The van der Waals surface area contributed by atoms with Crippen molar-refractivity contribution in [2.75, 3.05) is 5.32 Å². The fourth-order valence-electron chi connectivity index (χ4n) is 3.83. The number of H-pyrrole nitrogens is 1. The number of tetrazole rings is 1. The third-order valence-electron chi connectivity index (χ3n) is 5.62. The molecule has 0 bridgehead atoms. The molecule has 184 valence electrons. The van der Waals surface area contributed by atoms with E-state index in [1.165, 1.54) is 17.1 Å². The number of halogens is 1. The summed E-state index contributed by atoms with van der Waals surface area (Å²) in [5.41, 5.74) is 3.57. The third-order valence-corrected chi connectivity index (χ3v) is 5.86. The van der Waals surface area contributed by atoms with E-state index in [9.17, 15) is 9.59 Å². The first-order valence-electron chi connectivity index (χ1n) is 11.3. The van der Waals surface area contributed by atoms with Crippen LogP contribution in [0.1, 0.15) is 11.1 Å². The highest BCUT2D eigenvalue weighted by molar-refractivity contribution is 6.30.